The van der Waals surface area contributed by atoms with E-state index >= 15 is 0 Å². The third-order valence-electron chi connectivity index (χ3n) is 3.35. The third-order valence-corrected chi connectivity index (χ3v) is 4.24. The molecule has 0 saturated carbocycles. The van der Waals surface area contributed by atoms with Gasteiger partial charge in [0.15, 0.2) is 0 Å². The standard InChI is InChI=1S/C16H14N2O2S/c17-21(19,20)15-10-12-5-1-2-7-16(12)13(11-15)9-14-6-3-4-8-18-14/h1-8,10-11H,9H2,(H2,17,19,20). The van der Waals surface area contributed by atoms with Crippen molar-refractivity contribution < 1.29 is 8.42 Å². The van der Waals surface area contributed by atoms with Crippen LogP contribution in [0.3, 0.4) is 0 Å². The summed E-state index contributed by atoms with van der Waals surface area (Å²) in [4.78, 5) is 4.42. The van der Waals surface area contributed by atoms with Crippen molar-refractivity contribution in [2.45, 2.75) is 11.3 Å². The van der Waals surface area contributed by atoms with E-state index in [1.54, 1.807) is 18.3 Å². The molecule has 5 heteroatoms. The van der Waals surface area contributed by atoms with E-state index in [2.05, 4.69) is 4.98 Å². The van der Waals surface area contributed by atoms with Crippen molar-refractivity contribution in [2.24, 2.45) is 5.14 Å². The number of fused-ring (bicyclic) bond motifs is 1. The van der Waals surface area contributed by atoms with E-state index in [-0.39, 0.29) is 4.90 Å². The van der Waals surface area contributed by atoms with Crippen molar-refractivity contribution in [2.75, 3.05) is 0 Å². The van der Waals surface area contributed by atoms with Crippen molar-refractivity contribution >= 4 is 20.8 Å². The molecule has 0 radical (unpaired) electrons. The van der Waals surface area contributed by atoms with Gasteiger partial charge in [-0.05, 0) is 40.6 Å². The molecule has 106 valence electrons. The third kappa shape index (κ3) is 2.94. The molecular formula is C16H14N2O2S. The van der Waals surface area contributed by atoms with Gasteiger partial charge in [0.05, 0.1) is 4.90 Å². The monoisotopic (exact) mass is 298 g/mol. The summed E-state index contributed by atoms with van der Waals surface area (Å²) in [6, 6.07) is 16.6. The lowest BCUT2D eigenvalue weighted by molar-refractivity contribution is 0.598. The molecule has 0 amide bonds. The lowest BCUT2D eigenvalue weighted by Crippen LogP contribution is -2.12. The number of rotatable bonds is 3. The van der Waals surface area contributed by atoms with Gasteiger partial charge in [-0.1, -0.05) is 30.3 Å². The number of benzene rings is 2. The van der Waals surface area contributed by atoms with Crippen molar-refractivity contribution in [3.63, 3.8) is 0 Å². The Labute approximate surface area is 123 Å². The molecule has 0 fully saturated rings. The zero-order chi connectivity index (χ0) is 14.9. The van der Waals surface area contributed by atoms with Gasteiger partial charge in [-0.25, -0.2) is 13.6 Å². The topological polar surface area (TPSA) is 73.1 Å². The largest absolute Gasteiger partial charge is 0.261 e. The first-order chi connectivity index (χ1) is 10.0. The molecule has 2 aromatic carbocycles. The summed E-state index contributed by atoms with van der Waals surface area (Å²) in [6.45, 7) is 0. The Morgan fingerprint density at radius 1 is 1.00 bits per heavy atom. The summed E-state index contributed by atoms with van der Waals surface area (Å²) < 4.78 is 23.3. The minimum Gasteiger partial charge on any atom is -0.261 e. The summed E-state index contributed by atoms with van der Waals surface area (Å²) in [5, 5.41) is 7.13. The van der Waals surface area contributed by atoms with E-state index in [0.717, 1.165) is 22.0 Å². The van der Waals surface area contributed by atoms with E-state index in [9.17, 15) is 8.42 Å². The van der Waals surface area contributed by atoms with Gasteiger partial charge in [0, 0.05) is 18.3 Å². The van der Waals surface area contributed by atoms with Crippen molar-refractivity contribution in [3.8, 4) is 0 Å². The summed E-state index contributed by atoms with van der Waals surface area (Å²) in [7, 11) is -3.73. The average Bonchev–Trinajstić information content (AvgIpc) is 2.47. The average molecular weight is 298 g/mol. The van der Waals surface area contributed by atoms with E-state index < -0.39 is 10.0 Å². The molecule has 2 N–H and O–H groups in total. The van der Waals surface area contributed by atoms with Crippen LogP contribution in [0.4, 0.5) is 0 Å². The summed E-state index contributed by atoms with van der Waals surface area (Å²) >= 11 is 0. The SMILES string of the molecule is NS(=O)(=O)c1cc(Cc2ccccn2)c2ccccc2c1. The van der Waals surface area contributed by atoms with Crippen molar-refractivity contribution in [1.82, 2.24) is 4.98 Å². The molecule has 3 rings (SSSR count). The molecule has 4 nitrogen and oxygen atoms in total. The number of sulfonamides is 1. The lowest BCUT2D eigenvalue weighted by atomic mass is 10.0. The first kappa shape index (κ1) is 13.7. The van der Waals surface area contributed by atoms with Crippen LogP contribution in [0.15, 0.2) is 65.7 Å². The Morgan fingerprint density at radius 3 is 2.48 bits per heavy atom. The van der Waals surface area contributed by atoms with Crippen LogP contribution in [0, 0.1) is 0 Å². The number of aromatic nitrogens is 1. The summed E-state index contributed by atoms with van der Waals surface area (Å²) in [5.41, 5.74) is 1.78. The fourth-order valence-electron chi connectivity index (χ4n) is 2.37. The van der Waals surface area contributed by atoms with E-state index in [1.807, 2.05) is 42.5 Å². The predicted molar refractivity (Wildman–Crippen MR) is 82.4 cm³/mol. The maximum Gasteiger partial charge on any atom is 0.238 e. The molecule has 0 aliphatic carbocycles. The number of hydrogen-bond acceptors (Lipinski definition) is 3. The molecular weight excluding hydrogens is 284 g/mol. The fourth-order valence-corrected chi connectivity index (χ4v) is 2.97. The first-order valence-corrected chi connectivity index (χ1v) is 8.03. The molecule has 0 aliphatic rings. The number of nitrogens with zero attached hydrogens (tertiary/aromatic N) is 1. The van der Waals surface area contributed by atoms with E-state index in [4.69, 9.17) is 5.14 Å². The predicted octanol–water partition coefficient (Wildman–Crippen LogP) is 2.47. The van der Waals surface area contributed by atoms with Gasteiger partial charge in [-0.15, -0.1) is 0 Å². The maximum atomic E-state index is 11.6. The van der Waals surface area contributed by atoms with Gasteiger partial charge < -0.3 is 0 Å². The van der Waals surface area contributed by atoms with Crippen LogP contribution in [0.25, 0.3) is 10.8 Å². The van der Waals surface area contributed by atoms with Crippen LogP contribution in [0.1, 0.15) is 11.3 Å². The Hall–Kier alpha value is -2.24. The van der Waals surface area contributed by atoms with Crippen molar-refractivity contribution in [1.29, 1.82) is 0 Å². The van der Waals surface area contributed by atoms with Crippen LogP contribution >= 0.6 is 0 Å². The van der Waals surface area contributed by atoms with Crippen LogP contribution in [-0.2, 0) is 16.4 Å². The lowest BCUT2D eigenvalue weighted by Gasteiger charge is -2.09. The minimum atomic E-state index is -3.73. The van der Waals surface area contributed by atoms with Gasteiger partial charge in [0.1, 0.15) is 0 Å². The Kier molecular flexibility index (Phi) is 3.45. The molecule has 21 heavy (non-hydrogen) atoms. The van der Waals surface area contributed by atoms with Crippen LogP contribution in [0.2, 0.25) is 0 Å². The first-order valence-electron chi connectivity index (χ1n) is 6.48. The van der Waals surface area contributed by atoms with Crippen LogP contribution in [-0.4, -0.2) is 13.4 Å². The molecule has 0 unspecified atom stereocenters. The second kappa shape index (κ2) is 5.27. The van der Waals surface area contributed by atoms with Gasteiger partial charge >= 0.3 is 0 Å². The van der Waals surface area contributed by atoms with Crippen molar-refractivity contribution in [3.05, 3.63) is 72.1 Å². The van der Waals surface area contributed by atoms with Crippen LogP contribution < -0.4 is 5.14 Å². The smallest absolute Gasteiger partial charge is 0.238 e. The summed E-state index contributed by atoms with van der Waals surface area (Å²) in [5.74, 6) is 0. The highest BCUT2D eigenvalue weighted by Crippen LogP contribution is 2.25. The molecule has 3 aromatic rings. The molecule has 0 atom stereocenters. The molecule has 0 spiro atoms. The van der Waals surface area contributed by atoms with E-state index in [0.29, 0.717) is 6.42 Å². The van der Waals surface area contributed by atoms with E-state index in [1.165, 1.54) is 0 Å². The highest BCUT2D eigenvalue weighted by atomic mass is 32.2. The Balaban J connectivity index is 2.20. The quantitative estimate of drug-likeness (QED) is 0.807. The summed E-state index contributed by atoms with van der Waals surface area (Å²) in [6.07, 6.45) is 2.28. The highest BCUT2D eigenvalue weighted by Gasteiger charge is 2.12. The number of primary sulfonamides is 1. The molecule has 0 aliphatic heterocycles. The second-order valence-electron chi connectivity index (χ2n) is 4.85. The number of pyridine rings is 1. The molecule has 0 saturated heterocycles. The van der Waals surface area contributed by atoms with Gasteiger partial charge in [0.25, 0.3) is 0 Å². The fraction of sp³-hybridized carbons (Fsp3) is 0.0625. The van der Waals surface area contributed by atoms with Gasteiger partial charge in [0.2, 0.25) is 10.0 Å². The zero-order valence-electron chi connectivity index (χ0n) is 11.2. The Morgan fingerprint density at radius 2 is 1.76 bits per heavy atom. The van der Waals surface area contributed by atoms with Gasteiger partial charge in [-0.2, -0.15) is 0 Å². The minimum absolute atomic E-state index is 0.132. The Bertz CT molecular complexity index is 891. The number of hydrogen-bond donors (Lipinski definition) is 1. The normalized spacial score (nSPS) is 11.7. The molecule has 1 heterocycles. The van der Waals surface area contributed by atoms with Gasteiger partial charge in [-0.3, -0.25) is 4.98 Å². The maximum absolute atomic E-state index is 11.6. The second-order valence-corrected chi connectivity index (χ2v) is 6.41. The zero-order valence-corrected chi connectivity index (χ0v) is 12.0. The van der Waals surface area contributed by atoms with Crippen LogP contribution in [0.5, 0.6) is 0 Å². The molecule has 1 aromatic heterocycles. The molecule has 0 bridgehead atoms. The number of nitrogens with two attached hydrogens (primary N) is 1. The highest BCUT2D eigenvalue weighted by molar-refractivity contribution is 7.89.